The highest BCUT2D eigenvalue weighted by molar-refractivity contribution is 5.85. The van der Waals surface area contributed by atoms with Gasteiger partial charge in [0.25, 0.3) is 0 Å². The normalized spacial score (nSPS) is 25.5. The van der Waals surface area contributed by atoms with Crippen molar-refractivity contribution in [2.24, 2.45) is 23.5 Å². The minimum absolute atomic E-state index is 0. The first-order valence-electron chi connectivity index (χ1n) is 6.15. The minimum atomic E-state index is -0.0974. The second kappa shape index (κ2) is 7.90. The number of ether oxygens (including phenoxy) is 1. The van der Waals surface area contributed by atoms with Crippen molar-refractivity contribution in [2.45, 2.75) is 33.3 Å². The second-order valence-corrected chi connectivity index (χ2v) is 5.01. The third-order valence-electron chi connectivity index (χ3n) is 3.26. The van der Waals surface area contributed by atoms with E-state index in [0.29, 0.717) is 24.9 Å². The molecule has 102 valence electrons. The number of hydrogen-bond acceptors (Lipinski definition) is 3. The molecule has 1 rings (SSSR count). The predicted octanol–water partition coefficient (Wildman–Crippen LogP) is 1.18. The van der Waals surface area contributed by atoms with E-state index in [-0.39, 0.29) is 30.3 Å². The van der Waals surface area contributed by atoms with Crippen molar-refractivity contribution < 1.29 is 9.53 Å². The molecule has 1 heterocycles. The summed E-state index contributed by atoms with van der Waals surface area (Å²) in [6, 6.07) is 0. The fraction of sp³-hybridized carbons (Fsp3) is 0.917. The molecule has 17 heavy (non-hydrogen) atoms. The minimum Gasteiger partial charge on any atom is -0.378 e. The van der Waals surface area contributed by atoms with Gasteiger partial charge in [0.2, 0.25) is 5.91 Å². The summed E-state index contributed by atoms with van der Waals surface area (Å²) in [5.74, 6) is 0.919. The molecule has 1 saturated heterocycles. The van der Waals surface area contributed by atoms with Gasteiger partial charge in [-0.1, -0.05) is 20.8 Å². The molecule has 1 aliphatic rings. The molecule has 4 nitrogen and oxygen atoms in total. The monoisotopic (exact) mass is 264 g/mol. The van der Waals surface area contributed by atoms with Gasteiger partial charge in [-0.2, -0.15) is 0 Å². The first kappa shape index (κ1) is 16.7. The summed E-state index contributed by atoms with van der Waals surface area (Å²) < 4.78 is 5.67. The number of amides is 1. The van der Waals surface area contributed by atoms with Crippen molar-refractivity contribution in [2.75, 3.05) is 19.7 Å². The van der Waals surface area contributed by atoms with Gasteiger partial charge in [0, 0.05) is 31.5 Å². The van der Waals surface area contributed by atoms with Gasteiger partial charge in [-0.3, -0.25) is 4.79 Å². The fourth-order valence-corrected chi connectivity index (χ4v) is 2.12. The van der Waals surface area contributed by atoms with E-state index in [9.17, 15) is 4.79 Å². The lowest BCUT2D eigenvalue weighted by Gasteiger charge is -2.22. The number of carbonyl (C=O) groups is 1. The van der Waals surface area contributed by atoms with Gasteiger partial charge in [-0.15, -0.1) is 12.4 Å². The topological polar surface area (TPSA) is 64.4 Å². The Kier molecular flexibility index (Phi) is 7.75. The second-order valence-electron chi connectivity index (χ2n) is 5.01. The highest BCUT2D eigenvalue weighted by Gasteiger charge is 2.30. The van der Waals surface area contributed by atoms with Crippen LogP contribution in [0.4, 0.5) is 0 Å². The van der Waals surface area contributed by atoms with Crippen LogP contribution in [-0.4, -0.2) is 31.7 Å². The van der Waals surface area contributed by atoms with Crippen LogP contribution in [0.2, 0.25) is 0 Å². The molecule has 5 heteroatoms. The quantitative estimate of drug-likeness (QED) is 0.784. The smallest absolute Gasteiger partial charge is 0.224 e. The SMILES string of the molecule is CC(CN)C(=O)NCC1CCOC1C(C)C.Cl. The molecule has 1 fully saturated rings. The van der Waals surface area contributed by atoms with E-state index in [1.54, 1.807) is 0 Å². The van der Waals surface area contributed by atoms with Crippen molar-refractivity contribution in [3.05, 3.63) is 0 Å². The molecule has 0 aliphatic carbocycles. The van der Waals surface area contributed by atoms with E-state index in [4.69, 9.17) is 10.5 Å². The summed E-state index contributed by atoms with van der Waals surface area (Å²) in [7, 11) is 0. The average molecular weight is 265 g/mol. The molecule has 3 atom stereocenters. The Morgan fingerprint density at radius 3 is 2.65 bits per heavy atom. The van der Waals surface area contributed by atoms with Gasteiger partial charge in [0.15, 0.2) is 0 Å². The van der Waals surface area contributed by atoms with Crippen LogP contribution in [0.5, 0.6) is 0 Å². The lowest BCUT2D eigenvalue weighted by molar-refractivity contribution is -0.124. The van der Waals surface area contributed by atoms with Crippen LogP contribution in [0.1, 0.15) is 27.2 Å². The van der Waals surface area contributed by atoms with Gasteiger partial charge in [0.05, 0.1) is 6.10 Å². The summed E-state index contributed by atoms with van der Waals surface area (Å²) in [6.45, 7) is 8.10. The highest BCUT2D eigenvalue weighted by Crippen LogP contribution is 2.26. The van der Waals surface area contributed by atoms with Gasteiger partial charge in [-0.25, -0.2) is 0 Å². The van der Waals surface area contributed by atoms with Crippen LogP contribution in [0, 0.1) is 17.8 Å². The van der Waals surface area contributed by atoms with Crippen LogP contribution in [0.25, 0.3) is 0 Å². The molecule has 1 aliphatic heterocycles. The number of rotatable bonds is 5. The van der Waals surface area contributed by atoms with Crippen molar-refractivity contribution in [1.82, 2.24) is 5.32 Å². The van der Waals surface area contributed by atoms with E-state index in [2.05, 4.69) is 19.2 Å². The Morgan fingerprint density at radius 2 is 2.12 bits per heavy atom. The summed E-state index contributed by atoms with van der Waals surface area (Å²) >= 11 is 0. The first-order valence-corrected chi connectivity index (χ1v) is 6.15. The Morgan fingerprint density at radius 1 is 1.47 bits per heavy atom. The molecule has 0 aromatic rings. The van der Waals surface area contributed by atoms with Crippen molar-refractivity contribution >= 4 is 18.3 Å². The van der Waals surface area contributed by atoms with Crippen LogP contribution in [0.3, 0.4) is 0 Å². The number of nitrogens with two attached hydrogens (primary N) is 1. The Bertz CT molecular complexity index is 237. The standard InChI is InChI=1S/C12H24N2O2.ClH/c1-8(2)11-10(4-5-16-11)7-14-12(15)9(3)6-13;/h8-11H,4-7,13H2,1-3H3,(H,14,15);1H. The largest absolute Gasteiger partial charge is 0.378 e. The third kappa shape index (κ3) is 4.82. The van der Waals surface area contributed by atoms with Crippen LogP contribution < -0.4 is 11.1 Å². The maximum Gasteiger partial charge on any atom is 0.224 e. The van der Waals surface area contributed by atoms with Crippen molar-refractivity contribution in [3.8, 4) is 0 Å². The van der Waals surface area contributed by atoms with Crippen LogP contribution in [0.15, 0.2) is 0 Å². The fourth-order valence-electron chi connectivity index (χ4n) is 2.12. The van der Waals surface area contributed by atoms with E-state index in [1.807, 2.05) is 6.92 Å². The van der Waals surface area contributed by atoms with E-state index in [1.165, 1.54) is 0 Å². The molecular formula is C12H25ClN2O2. The lowest BCUT2D eigenvalue weighted by atomic mass is 9.93. The summed E-state index contributed by atoms with van der Waals surface area (Å²) in [4.78, 5) is 11.6. The maximum absolute atomic E-state index is 11.6. The first-order chi connectivity index (χ1) is 7.56. The van der Waals surface area contributed by atoms with E-state index in [0.717, 1.165) is 13.0 Å². The van der Waals surface area contributed by atoms with E-state index < -0.39 is 0 Å². The molecule has 0 aromatic heterocycles. The maximum atomic E-state index is 11.6. The Hall–Kier alpha value is -0.320. The molecule has 0 spiro atoms. The molecule has 1 amide bonds. The summed E-state index contributed by atoms with van der Waals surface area (Å²) in [5.41, 5.74) is 5.45. The molecule has 3 unspecified atom stereocenters. The number of hydrogen-bond donors (Lipinski definition) is 2. The van der Waals surface area contributed by atoms with Crippen LogP contribution in [-0.2, 0) is 9.53 Å². The number of carbonyl (C=O) groups excluding carboxylic acids is 1. The summed E-state index contributed by atoms with van der Waals surface area (Å²) in [6.07, 6.45) is 1.33. The Balaban J connectivity index is 0.00000256. The molecule has 0 saturated carbocycles. The average Bonchev–Trinajstić information content (AvgIpc) is 2.72. The van der Waals surface area contributed by atoms with Crippen LogP contribution >= 0.6 is 12.4 Å². The van der Waals surface area contributed by atoms with Crippen molar-refractivity contribution in [3.63, 3.8) is 0 Å². The van der Waals surface area contributed by atoms with Gasteiger partial charge in [-0.05, 0) is 12.3 Å². The zero-order valence-corrected chi connectivity index (χ0v) is 11.8. The van der Waals surface area contributed by atoms with Gasteiger partial charge >= 0.3 is 0 Å². The zero-order chi connectivity index (χ0) is 12.1. The van der Waals surface area contributed by atoms with Gasteiger partial charge in [0.1, 0.15) is 0 Å². The molecular weight excluding hydrogens is 240 g/mol. The number of halogens is 1. The molecule has 3 N–H and O–H groups in total. The third-order valence-corrected chi connectivity index (χ3v) is 3.26. The zero-order valence-electron chi connectivity index (χ0n) is 10.9. The lowest BCUT2D eigenvalue weighted by Crippen LogP contribution is -2.39. The van der Waals surface area contributed by atoms with Crippen molar-refractivity contribution in [1.29, 1.82) is 0 Å². The molecule has 0 radical (unpaired) electrons. The summed E-state index contributed by atoms with van der Waals surface area (Å²) in [5, 5.41) is 2.96. The highest BCUT2D eigenvalue weighted by atomic mass is 35.5. The molecule has 0 bridgehead atoms. The number of nitrogens with one attached hydrogen (secondary N) is 1. The van der Waals surface area contributed by atoms with Gasteiger partial charge < -0.3 is 15.8 Å². The Labute approximate surface area is 110 Å². The molecule has 0 aromatic carbocycles. The van der Waals surface area contributed by atoms with E-state index >= 15 is 0 Å². The predicted molar refractivity (Wildman–Crippen MR) is 71.2 cm³/mol.